The second-order valence-corrected chi connectivity index (χ2v) is 4.33. The van der Waals surface area contributed by atoms with E-state index < -0.39 is 11.6 Å². The average molecular weight is 239 g/mol. The Labute approximate surface area is 102 Å². The van der Waals surface area contributed by atoms with E-state index >= 15 is 0 Å². The third-order valence-corrected chi connectivity index (χ3v) is 2.60. The van der Waals surface area contributed by atoms with E-state index in [-0.39, 0.29) is 6.04 Å². The zero-order valence-corrected chi connectivity index (χ0v) is 10.4. The molecule has 0 aromatic heterocycles. The minimum absolute atomic E-state index is 0.0659. The molecule has 0 heterocycles. The zero-order valence-electron chi connectivity index (χ0n) is 10.4. The molecule has 17 heavy (non-hydrogen) atoms. The Morgan fingerprint density at radius 2 is 1.88 bits per heavy atom. The summed E-state index contributed by atoms with van der Waals surface area (Å²) in [5, 5.41) is 3.31. The Kier molecular flexibility index (Phi) is 5.29. The smallest absolute Gasteiger partial charge is 0.126 e. The van der Waals surface area contributed by atoms with E-state index in [2.05, 4.69) is 18.8 Å². The number of rotatable bonds is 6. The van der Waals surface area contributed by atoms with Crippen molar-refractivity contribution in [2.45, 2.75) is 32.7 Å². The van der Waals surface area contributed by atoms with Gasteiger partial charge in [-0.1, -0.05) is 19.1 Å². The fraction of sp³-hybridized carbons (Fsp3) is 0.429. The number of hydrogen-bond acceptors (Lipinski definition) is 1. The predicted octanol–water partition coefficient (Wildman–Crippen LogP) is 3.45. The van der Waals surface area contributed by atoms with Crippen LogP contribution in [0.1, 0.15) is 25.8 Å². The van der Waals surface area contributed by atoms with Gasteiger partial charge in [-0.3, -0.25) is 0 Å². The third kappa shape index (κ3) is 4.65. The Balaban J connectivity index is 2.74. The Bertz CT molecular complexity index is 368. The van der Waals surface area contributed by atoms with Crippen LogP contribution >= 0.6 is 0 Å². The number of hydrogen-bond donors (Lipinski definition) is 1. The molecule has 0 aliphatic heterocycles. The first-order valence-corrected chi connectivity index (χ1v) is 5.86. The molecule has 3 heteroatoms. The first-order valence-electron chi connectivity index (χ1n) is 5.86. The quantitative estimate of drug-likeness (QED) is 0.750. The van der Waals surface area contributed by atoms with Gasteiger partial charge in [0.15, 0.2) is 0 Å². The van der Waals surface area contributed by atoms with Crippen molar-refractivity contribution in [3.8, 4) is 0 Å². The number of benzene rings is 1. The van der Waals surface area contributed by atoms with E-state index in [1.807, 2.05) is 6.92 Å². The van der Waals surface area contributed by atoms with Crippen LogP contribution in [0, 0.1) is 11.6 Å². The van der Waals surface area contributed by atoms with Gasteiger partial charge in [0.25, 0.3) is 0 Å². The monoisotopic (exact) mass is 239 g/mol. The predicted molar refractivity (Wildman–Crippen MR) is 67.0 cm³/mol. The molecule has 1 aromatic rings. The average Bonchev–Trinajstić information content (AvgIpc) is 2.22. The van der Waals surface area contributed by atoms with Crippen LogP contribution in [0.15, 0.2) is 30.4 Å². The number of halogens is 2. The lowest BCUT2D eigenvalue weighted by molar-refractivity contribution is 0.550. The minimum atomic E-state index is -0.532. The molecule has 1 nitrogen and oxygen atoms in total. The van der Waals surface area contributed by atoms with E-state index in [0.29, 0.717) is 12.0 Å². The summed E-state index contributed by atoms with van der Waals surface area (Å²) < 4.78 is 26.1. The van der Waals surface area contributed by atoms with Crippen LogP contribution in [-0.2, 0) is 6.42 Å². The first kappa shape index (κ1) is 13.8. The summed E-state index contributed by atoms with van der Waals surface area (Å²) in [4.78, 5) is 0. The number of nitrogens with one attached hydrogen (secondary N) is 1. The maximum Gasteiger partial charge on any atom is 0.126 e. The molecule has 0 saturated carbocycles. The highest BCUT2D eigenvalue weighted by Gasteiger charge is 2.10. The van der Waals surface area contributed by atoms with Crippen molar-refractivity contribution in [2.75, 3.05) is 6.54 Å². The fourth-order valence-corrected chi connectivity index (χ4v) is 1.70. The summed E-state index contributed by atoms with van der Waals surface area (Å²) in [5.41, 5.74) is 1.63. The van der Waals surface area contributed by atoms with E-state index in [1.54, 1.807) is 0 Å². The molecule has 0 saturated heterocycles. The standard InChI is InChI=1S/C14H19F2N/c1-4-5-17-14(10(2)3)8-11-6-12(15)9-13(16)7-11/h6-7,9,14,17H,2,4-5,8H2,1,3H3. The van der Waals surface area contributed by atoms with Gasteiger partial charge < -0.3 is 5.32 Å². The first-order chi connectivity index (χ1) is 8.02. The normalized spacial score (nSPS) is 12.5. The lowest BCUT2D eigenvalue weighted by Crippen LogP contribution is -2.32. The molecule has 1 aromatic carbocycles. The molecule has 0 amide bonds. The van der Waals surface area contributed by atoms with Gasteiger partial charge in [-0.05, 0) is 44.0 Å². The molecule has 0 radical (unpaired) electrons. The molecule has 94 valence electrons. The molecule has 1 N–H and O–H groups in total. The molecule has 0 bridgehead atoms. The lowest BCUT2D eigenvalue weighted by atomic mass is 10.0. The van der Waals surface area contributed by atoms with Gasteiger partial charge in [-0.15, -0.1) is 0 Å². The van der Waals surface area contributed by atoms with Crippen LogP contribution in [0.2, 0.25) is 0 Å². The van der Waals surface area contributed by atoms with E-state index in [4.69, 9.17) is 0 Å². The summed E-state index contributed by atoms with van der Waals surface area (Å²) in [6.07, 6.45) is 1.57. The van der Waals surface area contributed by atoms with Crippen LogP contribution in [0.4, 0.5) is 8.78 Å². The van der Waals surface area contributed by atoms with E-state index in [0.717, 1.165) is 24.6 Å². The molecule has 0 spiro atoms. The minimum Gasteiger partial charge on any atom is -0.310 e. The summed E-state index contributed by atoms with van der Waals surface area (Å²) >= 11 is 0. The highest BCUT2D eigenvalue weighted by Crippen LogP contribution is 2.13. The topological polar surface area (TPSA) is 12.0 Å². The fourth-order valence-electron chi connectivity index (χ4n) is 1.70. The molecule has 0 aliphatic carbocycles. The summed E-state index contributed by atoms with van der Waals surface area (Å²) in [5.74, 6) is -1.06. The highest BCUT2D eigenvalue weighted by molar-refractivity contribution is 5.21. The molecule has 0 aliphatic rings. The van der Waals surface area contributed by atoms with Gasteiger partial charge in [-0.25, -0.2) is 8.78 Å². The maximum absolute atomic E-state index is 13.0. The van der Waals surface area contributed by atoms with Crippen molar-refractivity contribution in [1.82, 2.24) is 5.32 Å². The van der Waals surface area contributed by atoms with Crippen molar-refractivity contribution in [2.24, 2.45) is 0 Å². The summed E-state index contributed by atoms with van der Waals surface area (Å²) in [6, 6.07) is 3.69. The maximum atomic E-state index is 13.0. The highest BCUT2D eigenvalue weighted by atomic mass is 19.1. The van der Waals surface area contributed by atoms with E-state index in [1.165, 1.54) is 12.1 Å². The van der Waals surface area contributed by atoms with Crippen LogP contribution < -0.4 is 5.32 Å². The Hall–Kier alpha value is -1.22. The van der Waals surface area contributed by atoms with Crippen LogP contribution in [0.5, 0.6) is 0 Å². The second kappa shape index (κ2) is 6.50. The second-order valence-electron chi connectivity index (χ2n) is 4.33. The lowest BCUT2D eigenvalue weighted by Gasteiger charge is -2.18. The summed E-state index contributed by atoms with van der Waals surface area (Å²) in [6.45, 7) is 8.76. The van der Waals surface area contributed by atoms with Crippen molar-refractivity contribution in [3.63, 3.8) is 0 Å². The van der Waals surface area contributed by atoms with Gasteiger partial charge in [0.2, 0.25) is 0 Å². The largest absolute Gasteiger partial charge is 0.310 e. The van der Waals surface area contributed by atoms with Crippen LogP contribution in [-0.4, -0.2) is 12.6 Å². The van der Waals surface area contributed by atoms with Crippen LogP contribution in [0.3, 0.4) is 0 Å². The molecular weight excluding hydrogens is 220 g/mol. The molecule has 0 fully saturated rings. The van der Waals surface area contributed by atoms with Crippen molar-refractivity contribution < 1.29 is 8.78 Å². The van der Waals surface area contributed by atoms with E-state index in [9.17, 15) is 8.78 Å². The van der Waals surface area contributed by atoms with Gasteiger partial charge in [0.1, 0.15) is 11.6 Å². The van der Waals surface area contributed by atoms with Gasteiger partial charge >= 0.3 is 0 Å². The Morgan fingerprint density at radius 3 is 2.35 bits per heavy atom. The SMILES string of the molecule is C=C(C)C(Cc1cc(F)cc(F)c1)NCCC. The van der Waals surface area contributed by atoms with Gasteiger partial charge in [0, 0.05) is 12.1 Å². The molecule has 1 atom stereocenters. The zero-order chi connectivity index (χ0) is 12.8. The Morgan fingerprint density at radius 1 is 1.29 bits per heavy atom. The molecule has 1 unspecified atom stereocenters. The van der Waals surface area contributed by atoms with Gasteiger partial charge in [0.05, 0.1) is 0 Å². The summed E-state index contributed by atoms with van der Waals surface area (Å²) in [7, 11) is 0. The van der Waals surface area contributed by atoms with Crippen LogP contribution in [0.25, 0.3) is 0 Å². The van der Waals surface area contributed by atoms with Gasteiger partial charge in [-0.2, -0.15) is 0 Å². The molecule has 1 rings (SSSR count). The van der Waals surface area contributed by atoms with Crippen molar-refractivity contribution in [1.29, 1.82) is 0 Å². The third-order valence-electron chi connectivity index (χ3n) is 2.60. The van der Waals surface area contributed by atoms with Crippen molar-refractivity contribution >= 4 is 0 Å². The van der Waals surface area contributed by atoms with Crippen molar-refractivity contribution in [3.05, 3.63) is 47.5 Å². The molecular formula is C14H19F2N.